The van der Waals surface area contributed by atoms with Crippen molar-refractivity contribution in [3.63, 3.8) is 0 Å². The van der Waals surface area contributed by atoms with Crippen molar-refractivity contribution in [2.45, 2.75) is 6.10 Å². The zero-order valence-electron chi connectivity index (χ0n) is 12.3. The molecule has 0 aromatic heterocycles. The Kier molecular flexibility index (Phi) is 54.6. The maximum absolute atomic E-state index is 8.72. The van der Waals surface area contributed by atoms with Gasteiger partial charge in [0.05, 0.1) is 6.10 Å². The first-order valence-electron chi connectivity index (χ1n) is 5.02. The average molecular weight is 794 g/mol. The number of hydrogen-bond acceptors (Lipinski definition) is 5. The van der Waals surface area contributed by atoms with Crippen molar-refractivity contribution in [2.24, 2.45) is 0 Å². The first kappa shape index (κ1) is 30.4. The van der Waals surface area contributed by atoms with Gasteiger partial charge in [0, 0.05) is 26.4 Å². The van der Waals surface area contributed by atoms with E-state index in [0.717, 1.165) is 0 Å². The molecule has 5 nitrogen and oxygen atoms in total. The SMILES string of the molecule is C=CCO[CH2-].C=CCO[CH2-].[CH2-]OCC(O)CO[CH2-].[Rf].[Rf]. The van der Waals surface area contributed by atoms with Crippen LogP contribution in [0.3, 0.4) is 0 Å². The third-order valence-electron chi connectivity index (χ3n) is 1.09. The van der Waals surface area contributed by atoms with E-state index in [0.29, 0.717) is 13.2 Å². The van der Waals surface area contributed by atoms with Crippen LogP contribution < -0.4 is 0 Å². The van der Waals surface area contributed by atoms with Gasteiger partial charge in [0.25, 0.3) is 0 Å². The fraction of sp³-hybridized carbons (Fsp3) is 0.385. The van der Waals surface area contributed by atoms with E-state index >= 15 is 0 Å². The summed E-state index contributed by atoms with van der Waals surface area (Å²) in [4.78, 5) is 0. The fourth-order valence-corrected chi connectivity index (χ4v) is 0.487. The first-order valence-corrected chi connectivity index (χ1v) is 5.02. The van der Waals surface area contributed by atoms with Gasteiger partial charge in [-0.1, -0.05) is 12.2 Å². The molecular weight excluding hydrogens is 770 g/mol. The van der Waals surface area contributed by atoms with Crippen LogP contribution in [0.4, 0.5) is 0 Å². The molecule has 1 N–H and O–H groups in total. The summed E-state index contributed by atoms with van der Waals surface area (Å²) >= 11 is 0. The molecule has 0 aliphatic carbocycles. The molecule has 20 heavy (non-hydrogen) atoms. The quantitative estimate of drug-likeness (QED) is 0.301. The number of aliphatic hydroxyl groups is 1. The molecule has 0 heterocycles. The van der Waals surface area contributed by atoms with Gasteiger partial charge in [0.2, 0.25) is 0 Å². The Morgan fingerprint density at radius 3 is 1.20 bits per heavy atom. The van der Waals surface area contributed by atoms with Crippen LogP contribution in [-0.4, -0.2) is 37.6 Å². The van der Waals surface area contributed by atoms with Gasteiger partial charge in [0.15, 0.2) is 0 Å². The van der Waals surface area contributed by atoms with E-state index in [1.807, 2.05) is 0 Å². The normalized spacial score (nSPS) is 7.90. The summed E-state index contributed by atoms with van der Waals surface area (Å²) in [6.45, 7) is 8.23. The third kappa shape index (κ3) is 58.8. The van der Waals surface area contributed by atoms with Crippen LogP contribution in [0, 0.1) is 28.4 Å². The molecule has 0 unspecified atom stereocenters. The van der Waals surface area contributed by atoms with Crippen molar-refractivity contribution >= 4 is 0 Å². The molecule has 0 spiro atoms. The number of hydrogen-bond donors (Lipinski definition) is 1. The summed E-state index contributed by atoms with van der Waals surface area (Å²) < 4.78 is 17.3. The number of ether oxygens (including phenoxy) is 4. The molecule has 0 saturated heterocycles. The van der Waals surface area contributed by atoms with Gasteiger partial charge in [-0.05, 0) is 0 Å². The van der Waals surface area contributed by atoms with E-state index in [2.05, 4.69) is 60.5 Å². The molecule has 0 rings (SSSR count). The second-order valence-corrected chi connectivity index (χ2v) is 2.71. The van der Waals surface area contributed by atoms with Crippen LogP contribution in [0.25, 0.3) is 0 Å². The molecule has 7 heteroatoms. The molecule has 0 aromatic rings. The Bertz CT molecular complexity index is 144. The topological polar surface area (TPSA) is 57.2 Å². The van der Waals surface area contributed by atoms with Crippen LogP contribution >= 0.6 is 0 Å². The van der Waals surface area contributed by atoms with E-state index in [-0.39, 0.29) is 13.2 Å². The summed E-state index contributed by atoms with van der Waals surface area (Å²) in [5, 5.41) is 8.72. The minimum Gasteiger partial charge on any atom is -0.553 e. The summed E-state index contributed by atoms with van der Waals surface area (Å²) in [6, 6.07) is 0. The van der Waals surface area contributed by atoms with Gasteiger partial charge in [0.1, 0.15) is 0 Å². The van der Waals surface area contributed by atoms with Crippen molar-refractivity contribution in [3.05, 3.63) is 53.7 Å². The largest absolute Gasteiger partial charge is 0.553 e. The first-order chi connectivity index (χ1) is 8.64. The van der Waals surface area contributed by atoms with Crippen LogP contribution in [-0.2, 0) is 18.9 Å². The maximum atomic E-state index is 8.72. The van der Waals surface area contributed by atoms with Gasteiger partial charge in [-0.2, -0.15) is 0 Å². The average Bonchev–Trinajstić information content (AvgIpc) is 2.33. The van der Waals surface area contributed by atoms with E-state index in [9.17, 15) is 0 Å². The Balaban J connectivity index is -0.0000000558. The minimum absolute atomic E-state index is 0. The van der Waals surface area contributed by atoms with Gasteiger partial charge in [-0.3, -0.25) is 0 Å². The van der Waals surface area contributed by atoms with Crippen molar-refractivity contribution < 1.29 is 24.1 Å². The van der Waals surface area contributed by atoms with Crippen LogP contribution in [0.15, 0.2) is 25.3 Å². The molecule has 0 fully saturated rings. The van der Waals surface area contributed by atoms with Crippen LogP contribution in [0.5, 0.6) is 0 Å². The van der Waals surface area contributed by atoms with Crippen molar-refractivity contribution in [2.75, 3.05) is 26.4 Å². The number of aliphatic hydroxyl groups excluding tert-OH is 1. The second-order valence-electron chi connectivity index (χ2n) is 2.71. The van der Waals surface area contributed by atoms with E-state index in [1.54, 1.807) is 12.2 Å². The van der Waals surface area contributed by atoms with Gasteiger partial charge in [-0.15, -0.1) is 13.2 Å². The van der Waals surface area contributed by atoms with Gasteiger partial charge >= 0.3 is 0 Å². The minimum atomic E-state index is -0.606. The monoisotopic (exact) mass is 794 g/mol. The van der Waals surface area contributed by atoms with Crippen molar-refractivity contribution in [1.82, 2.24) is 0 Å². The van der Waals surface area contributed by atoms with E-state index in [4.69, 9.17) is 5.11 Å². The zero-order chi connectivity index (χ0) is 14.6. The van der Waals surface area contributed by atoms with E-state index < -0.39 is 6.10 Å². The molecule has 0 amide bonds. The zero-order valence-corrected chi connectivity index (χ0v) is 25.1. The van der Waals surface area contributed by atoms with E-state index in [1.165, 1.54) is 0 Å². The molecular formula is C13H24O5Rf2-4. The third-order valence-corrected chi connectivity index (χ3v) is 1.09. The molecule has 0 radical (unpaired) electrons. The van der Waals surface area contributed by atoms with Crippen molar-refractivity contribution in [1.29, 1.82) is 0 Å². The molecule has 0 aliphatic heterocycles. The van der Waals surface area contributed by atoms with Gasteiger partial charge in [-0.25, -0.2) is 28.4 Å². The Hall–Kier alpha value is -2.72. The summed E-state index contributed by atoms with van der Waals surface area (Å²) in [7, 11) is 12.4. The predicted octanol–water partition coefficient (Wildman–Crippen LogP) is 1.92. The molecule has 0 aromatic carbocycles. The molecule has 0 atom stereocenters. The summed E-state index contributed by atoms with van der Waals surface area (Å²) in [5.41, 5.74) is 0. The summed E-state index contributed by atoms with van der Waals surface area (Å²) in [5.74, 6) is 0. The molecule has 0 aliphatic rings. The predicted molar refractivity (Wildman–Crippen MR) is 71.6 cm³/mol. The van der Waals surface area contributed by atoms with Crippen LogP contribution in [0.1, 0.15) is 0 Å². The molecule has 114 valence electrons. The van der Waals surface area contributed by atoms with Crippen LogP contribution in [0.2, 0.25) is 0 Å². The smallest absolute Gasteiger partial charge is 0.0946 e. The Labute approximate surface area is 111 Å². The fourth-order valence-electron chi connectivity index (χ4n) is 0.487. The van der Waals surface area contributed by atoms with Crippen molar-refractivity contribution in [3.8, 4) is 0 Å². The van der Waals surface area contributed by atoms with Gasteiger partial charge < -0.3 is 24.1 Å². The number of rotatable bonds is 8. The Morgan fingerprint density at radius 1 is 0.800 bits per heavy atom. The second kappa shape index (κ2) is 36.0. The maximum Gasteiger partial charge on any atom is 0.0946 e. The Morgan fingerprint density at radius 2 is 1.10 bits per heavy atom. The summed E-state index contributed by atoms with van der Waals surface area (Å²) in [6.07, 6.45) is 2.69. The molecule has 0 saturated carbocycles. The standard InChI is InChI=1S/C5H10O3.2C4H7O.2Rf/c1-7-3-5(6)4-8-2;2*1-3-4-5-2;;/h5-6H,1-4H2;2*3H,1-2,4H2;;/q-2;2*-1;;. The molecule has 0 bridgehead atoms.